The zero-order valence-electron chi connectivity index (χ0n) is 10.3. The summed E-state index contributed by atoms with van der Waals surface area (Å²) in [5, 5.41) is 0. The molecule has 0 aliphatic heterocycles. The molecular formula is C15H12Br2O2. The van der Waals surface area contributed by atoms with Gasteiger partial charge in [-0.1, -0.05) is 22.9 Å². The summed E-state index contributed by atoms with van der Waals surface area (Å²) in [7, 11) is 0. The van der Waals surface area contributed by atoms with Gasteiger partial charge in [0.25, 0.3) is 0 Å². The Bertz CT molecular complexity index is 592. The Hall–Kier alpha value is -1.13. The molecule has 0 aromatic heterocycles. The summed E-state index contributed by atoms with van der Waals surface area (Å²) in [5.74, 6) is 1.57. The lowest BCUT2D eigenvalue weighted by molar-refractivity contribution is 0.0988. The van der Waals surface area contributed by atoms with Crippen LogP contribution in [0.1, 0.15) is 23.7 Å². The van der Waals surface area contributed by atoms with Crippen LogP contribution >= 0.6 is 31.9 Å². The maximum absolute atomic E-state index is 11.5. The van der Waals surface area contributed by atoms with Crippen LogP contribution in [0.25, 0.3) is 0 Å². The van der Waals surface area contributed by atoms with E-state index in [2.05, 4.69) is 31.9 Å². The number of Topliss-reactive ketones (excluding diaryl/α,β-unsaturated/α-hetero) is 1. The Morgan fingerprint density at radius 2 is 1.79 bits per heavy atom. The predicted octanol–water partition coefficient (Wildman–Crippen LogP) is 5.60. The third kappa shape index (κ3) is 3.67. The third-order valence-electron chi connectivity index (χ3n) is 2.62. The van der Waals surface area contributed by atoms with Crippen molar-refractivity contribution in [1.82, 2.24) is 0 Å². The maximum Gasteiger partial charge on any atom is 0.162 e. The minimum atomic E-state index is 0.136. The fraction of sp³-hybridized carbons (Fsp3) is 0.133. The van der Waals surface area contributed by atoms with Crippen molar-refractivity contribution in [3.63, 3.8) is 0 Å². The quantitative estimate of drug-likeness (QED) is 0.642. The molecule has 2 aromatic carbocycles. The first-order valence-corrected chi connectivity index (χ1v) is 7.45. The normalized spacial score (nSPS) is 10.3. The lowest BCUT2D eigenvalue weighted by Crippen LogP contribution is -1.95. The lowest BCUT2D eigenvalue weighted by Gasteiger charge is -2.08. The molecule has 0 saturated carbocycles. The second kappa shape index (κ2) is 6.35. The molecule has 0 N–H and O–H groups in total. The van der Waals surface area contributed by atoms with Gasteiger partial charge in [0.15, 0.2) is 5.78 Å². The lowest BCUT2D eigenvalue weighted by atomic mass is 10.1. The molecule has 0 fully saturated rings. The summed E-state index contributed by atoms with van der Waals surface area (Å²) in [6, 6.07) is 12.9. The standard InChI is InChI=1S/C15H12Br2O2/c1-2-14(18)10-3-6-12(7-4-10)19-15-8-5-11(16)9-13(15)17/h3-9H,2H2,1H3. The number of carbonyl (C=O) groups is 1. The van der Waals surface area contributed by atoms with Gasteiger partial charge in [0.05, 0.1) is 4.47 Å². The van der Waals surface area contributed by atoms with E-state index in [4.69, 9.17) is 4.74 Å². The van der Waals surface area contributed by atoms with Crippen molar-refractivity contribution in [3.8, 4) is 11.5 Å². The topological polar surface area (TPSA) is 26.3 Å². The molecule has 0 unspecified atom stereocenters. The summed E-state index contributed by atoms with van der Waals surface area (Å²) in [5.41, 5.74) is 0.713. The molecule has 0 atom stereocenters. The van der Waals surface area contributed by atoms with Crippen molar-refractivity contribution >= 4 is 37.6 Å². The van der Waals surface area contributed by atoms with Crippen molar-refractivity contribution in [2.45, 2.75) is 13.3 Å². The Morgan fingerprint density at radius 1 is 1.11 bits per heavy atom. The Labute approximate surface area is 129 Å². The molecule has 0 amide bonds. The van der Waals surface area contributed by atoms with Gasteiger partial charge < -0.3 is 4.74 Å². The van der Waals surface area contributed by atoms with Crippen LogP contribution in [0.5, 0.6) is 11.5 Å². The number of hydrogen-bond donors (Lipinski definition) is 0. The van der Waals surface area contributed by atoms with E-state index in [0.29, 0.717) is 17.7 Å². The molecule has 0 spiro atoms. The van der Waals surface area contributed by atoms with Crippen LogP contribution in [0.3, 0.4) is 0 Å². The highest BCUT2D eigenvalue weighted by Gasteiger charge is 2.05. The fourth-order valence-corrected chi connectivity index (χ4v) is 2.73. The van der Waals surface area contributed by atoms with Gasteiger partial charge in [-0.05, 0) is 58.4 Å². The zero-order valence-corrected chi connectivity index (χ0v) is 13.5. The van der Waals surface area contributed by atoms with Crippen LogP contribution < -0.4 is 4.74 Å². The molecule has 0 radical (unpaired) electrons. The predicted molar refractivity (Wildman–Crippen MR) is 83.0 cm³/mol. The van der Waals surface area contributed by atoms with E-state index in [1.165, 1.54) is 0 Å². The van der Waals surface area contributed by atoms with E-state index in [9.17, 15) is 4.79 Å². The first-order valence-electron chi connectivity index (χ1n) is 5.86. The van der Waals surface area contributed by atoms with Crippen LogP contribution in [-0.4, -0.2) is 5.78 Å². The monoisotopic (exact) mass is 382 g/mol. The second-order valence-electron chi connectivity index (χ2n) is 3.98. The van der Waals surface area contributed by atoms with Gasteiger partial charge in [0, 0.05) is 16.5 Å². The van der Waals surface area contributed by atoms with Crippen LogP contribution in [0, 0.1) is 0 Å². The first kappa shape index (κ1) is 14.3. The highest BCUT2D eigenvalue weighted by molar-refractivity contribution is 9.11. The molecule has 2 rings (SSSR count). The van der Waals surface area contributed by atoms with E-state index >= 15 is 0 Å². The molecule has 2 nitrogen and oxygen atoms in total. The molecule has 2 aromatic rings. The molecule has 0 saturated heterocycles. The largest absolute Gasteiger partial charge is 0.456 e. The van der Waals surface area contributed by atoms with Crippen molar-refractivity contribution in [2.24, 2.45) is 0 Å². The minimum absolute atomic E-state index is 0.136. The molecule has 98 valence electrons. The Balaban J connectivity index is 2.17. The summed E-state index contributed by atoms with van der Waals surface area (Å²) >= 11 is 6.84. The maximum atomic E-state index is 11.5. The van der Waals surface area contributed by atoms with Crippen LogP contribution in [0.2, 0.25) is 0 Å². The number of hydrogen-bond acceptors (Lipinski definition) is 2. The van der Waals surface area contributed by atoms with Gasteiger partial charge in [0.1, 0.15) is 11.5 Å². The van der Waals surface area contributed by atoms with E-state index in [0.717, 1.165) is 14.7 Å². The summed E-state index contributed by atoms with van der Waals surface area (Å²) in [6.45, 7) is 1.85. The van der Waals surface area contributed by atoms with Crippen LogP contribution in [0.4, 0.5) is 0 Å². The summed E-state index contributed by atoms with van der Waals surface area (Å²) in [4.78, 5) is 11.5. The number of rotatable bonds is 4. The molecule has 0 aliphatic rings. The third-order valence-corrected chi connectivity index (χ3v) is 3.73. The number of ether oxygens (including phenoxy) is 1. The van der Waals surface area contributed by atoms with Crippen LogP contribution in [-0.2, 0) is 0 Å². The van der Waals surface area contributed by atoms with Gasteiger partial charge in [-0.15, -0.1) is 0 Å². The minimum Gasteiger partial charge on any atom is -0.456 e. The molecule has 0 bridgehead atoms. The smallest absolute Gasteiger partial charge is 0.162 e. The second-order valence-corrected chi connectivity index (χ2v) is 5.75. The number of carbonyl (C=O) groups excluding carboxylic acids is 1. The van der Waals surface area contributed by atoms with E-state index in [-0.39, 0.29) is 5.78 Å². The van der Waals surface area contributed by atoms with Crippen molar-refractivity contribution in [2.75, 3.05) is 0 Å². The van der Waals surface area contributed by atoms with Crippen molar-refractivity contribution in [1.29, 1.82) is 0 Å². The van der Waals surface area contributed by atoms with Gasteiger partial charge in [0.2, 0.25) is 0 Å². The Morgan fingerprint density at radius 3 is 2.37 bits per heavy atom. The fourth-order valence-electron chi connectivity index (χ4n) is 1.60. The zero-order chi connectivity index (χ0) is 13.8. The highest BCUT2D eigenvalue weighted by atomic mass is 79.9. The van der Waals surface area contributed by atoms with Gasteiger partial charge in [-0.3, -0.25) is 4.79 Å². The van der Waals surface area contributed by atoms with Crippen LogP contribution in [0.15, 0.2) is 51.4 Å². The summed E-state index contributed by atoms with van der Waals surface area (Å²) < 4.78 is 7.61. The average Bonchev–Trinajstić information content (AvgIpc) is 2.42. The molecular weight excluding hydrogens is 372 g/mol. The number of ketones is 1. The molecule has 0 aliphatic carbocycles. The van der Waals surface area contributed by atoms with Gasteiger partial charge in [-0.2, -0.15) is 0 Å². The highest BCUT2D eigenvalue weighted by Crippen LogP contribution is 2.32. The van der Waals surface area contributed by atoms with Crippen molar-refractivity contribution < 1.29 is 9.53 Å². The molecule has 0 heterocycles. The van der Waals surface area contributed by atoms with Crippen molar-refractivity contribution in [3.05, 3.63) is 57.0 Å². The van der Waals surface area contributed by atoms with E-state index in [1.807, 2.05) is 25.1 Å². The molecule has 4 heteroatoms. The number of benzene rings is 2. The van der Waals surface area contributed by atoms with E-state index in [1.54, 1.807) is 24.3 Å². The SMILES string of the molecule is CCC(=O)c1ccc(Oc2ccc(Br)cc2Br)cc1. The molecule has 19 heavy (non-hydrogen) atoms. The Kier molecular flexibility index (Phi) is 4.77. The summed E-state index contributed by atoms with van der Waals surface area (Å²) in [6.07, 6.45) is 0.512. The van der Waals surface area contributed by atoms with Gasteiger partial charge in [-0.25, -0.2) is 0 Å². The van der Waals surface area contributed by atoms with E-state index < -0.39 is 0 Å². The first-order chi connectivity index (χ1) is 9.10. The van der Waals surface area contributed by atoms with Gasteiger partial charge >= 0.3 is 0 Å². The number of halogens is 2. The average molecular weight is 384 g/mol.